The SMILES string of the molecule is Cc1ccc(S(=O)(=O)N(CC(=O)N(Cc2ccccc2)[C@H](Cc2ccccc2)C(=O)NCC(C)C)c2cccc(Cl)c2Cl)cc1. The van der Waals surface area contributed by atoms with E-state index in [0.717, 1.165) is 21.0 Å². The number of sulfonamides is 1. The zero-order chi connectivity index (χ0) is 32.6. The molecular formula is C35H37Cl2N3O4S. The Hall–Kier alpha value is -3.85. The molecule has 0 bridgehead atoms. The Morgan fingerprint density at radius 1 is 0.800 bits per heavy atom. The standard InChI is InChI=1S/C35H37Cl2N3O4S/c1-25(2)22-38-35(42)32(21-27-11-6-4-7-12-27)39(23-28-13-8-5-9-14-28)33(41)24-40(31-16-10-15-30(36)34(31)37)45(43,44)29-19-17-26(3)18-20-29/h4-20,25,32H,21-24H2,1-3H3,(H,38,42)/t32-/m1/s1. The maximum atomic E-state index is 14.5. The first-order valence-electron chi connectivity index (χ1n) is 14.7. The Morgan fingerprint density at radius 2 is 1.40 bits per heavy atom. The third-order valence-corrected chi connectivity index (χ3v) is 9.82. The quantitative estimate of drug-likeness (QED) is 0.168. The van der Waals surface area contributed by atoms with E-state index < -0.39 is 28.5 Å². The predicted octanol–water partition coefficient (Wildman–Crippen LogP) is 6.91. The molecule has 7 nitrogen and oxygen atoms in total. The van der Waals surface area contributed by atoms with E-state index in [-0.39, 0.29) is 45.4 Å². The van der Waals surface area contributed by atoms with Crippen LogP contribution in [0.25, 0.3) is 0 Å². The Kier molecular flexibility index (Phi) is 11.7. The van der Waals surface area contributed by atoms with Gasteiger partial charge in [-0.2, -0.15) is 0 Å². The summed E-state index contributed by atoms with van der Waals surface area (Å²) in [4.78, 5) is 29.8. The average Bonchev–Trinajstić information content (AvgIpc) is 3.03. The van der Waals surface area contributed by atoms with E-state index in [9.17, 15) is 18.0 Å². The predicted molar refractivity (Wildman–Crippen MR) is 181 cm³/mol. The second-order valence-electron chi connectivity index (χ2n) is 11.2. The molecule has 4 rings (SSSR count). The van der Waals surface area contributed by atoms with Crippen molar-refractivity contribution >= 4 is 50.7 Å². The number of hydrogen-bond acceptors (Lipinski definition) is 4. The van der Waals surface area contributed by atoms with Crippen molar-refractivity contribution in [3.8, 4) is 0 Å². The normalized spacial score (nSPS) is 12.0. The molecule has 0 aromatic heterocycles. The molecule has 0 spiro atoms. The summed E-state index contributed by atoms with van der Waals surface area (Å²) in [7, 11) is -4.30. The summed E-state index contributed by atoms with van der Waals surface area (Å²) in [6.07, 6.45) is 0.228. The van der Waals surface area contributed by atoms with Crippen molar-refractivity contribution in [3.05, 3.63) is 130 Å². The number of anilines is 1. The summed E-state index contributed by atoms with van der Waals surface area (Å²) in [5.74, 6) is -0.721. The Morgan fingerprint density at radius 3 is 2.00 bits per heavy atom. The molecule has 0 radical (unpaired) electrons. The number of nitrogens with one attached hydrogen (secondary N) is 1. The Bertz CT molecular complexity index is 1700. The number of carbonyl (C=O) groups excluding carboxylic acids is 2. The molecule has 0 saturated heterocycles. The second kappa shape index (κ2) is 15.4. The van der Waals surface area contributed by atoms with E-state index in [1.165, 1.54) is 23.1 Å². The number of aryl methyl sites for hydroxylation is 1. The monoisotopic (exact) mass is 665 g/mol. The zero-order valence-electron chi connectivity index (χ0n) is 25.5. The van der Waals surface area contributed by atoms with Crippen molar-refractivity contribution in [2.75, 3.05) is 17.4 Å². The van der Waals surface area contributed by atoms with E-state index in [4.69, 9.17) is 23.2 Å². The molecule has 0 aliphatic carbocycles. The molecule has 1 N–H and O–H groups in total. The minimum atomic E-state index is -4.30. The molecular weight excluding hydrogens is 629 g/mol. The average molecular weight is 667 g/mol. The minimum Gasteiger partial charge on any atom is -0.354 e. The van der Waals surface area contributed by atoms with E-state index in [1.54, 1.807) is 24.3 Å². The van der Waals surface area contributed by atoms with Crippen LogP contribution in [0.1, 0.15) is 30.5 Å². The number of rotatable bonds is 13. The van der Waals surface area contributed by atoms with E-state index in [1.807, 2.05) is 81.4 Å². The van der Waals surface area contributed by atoms with Gasteiger partial charge in [-0.15, -0.1) is 0 Å². The molecule has 0 unspecified atom stereocenters. The highest BCUT2D eigenvalue weighted by molar-refractivity contribution is 7.92. The van der Waals surface area contributed by atoms with Gasteiger partial charge in [0.2, 0.25) is 11.8 Å². The van der Waals surface area contributed by atoms with Gasteiger partial charge in [0.05, 0.1) is 20.6 Å². The maximum Gasteiger partial charge on any atom is 0.264 e. The molecule has 2 amide bonds. The second-order valence-corrected chi connectivity index (χ2v) is 13.9. The molecule has 0 saturated carbocycles. The van der Waals surface area contributed by atoms with Gasteiger partial charge in [0.1, 0.15) is 12.6 Å². The van der Waals surface area contributed by atoms with Crippen LogP contribution in [0.4, 0.5) is 5.69 Å². The van der Waals surface area contributed by atoms with Gasteiger partial charge in [-0.25, -0.2) is 8.42 Å². The van der Waals surface area contributed by atoms with Gasteiger partial charge in [0.25, 0.3) is 10.0 Å². The lowest BCUT2D eigenvalue weighted by atomic mass is 10.0. The third kappa shape index (κ3) is 8.87. The van der Waals surface area contributed by atoms with E-state index in [0.29, 0.717) is 6.54 Å². The van der Waals surface area contributed by atoms with Crippen LogP contribution in [0.15, 0.2) is 108 Å². The highest BCUT2D eigenvalue weighted by Crippen LogP contribution is 2.35. The fourth-order valence-electron chi connectivity index (χ4n) is 4.79. The molecule has 4 aromatic rings. The first kappa shape index (κ1) is 34.0. The van der Waals surface area contributed by atoms with Gasteiger partial charge < -0.3 is 10.2 Å². The first-order valence-corrected chi connectivity index (χ1v) is 16.9. The summed E-state index contributed by atoms with van der Waals surface area (Å²) in [6.45, 7) is 5.71. The molecule has 0 heterocycles. The third-order valence-electron chi connectivity index (χ3n) is 7.24. The lowest BCUT2D eigenvalue weighted by Crippen LogP contribution is -2.53. The molecule has 1 atom stereocenters. The molecule has 45 heavy (non-hydrogen) atoms. The van der Waals surface area contributed by atoms with Gasteiger partial charge in [-0.05, 0) is 48.2 Å². The lowest BCUT2D eigenvalue weighted by Gasteiger charge is -2.34. The molecule has 0 aliphatic rings. The molecule has 4 aromatic carbocycles. The summed E-state index contributed by atoms with van der Waals surface area (Å²) in [6, 6.07) is 28.7. The summed E-state index contributed by atoms with van der Waals surface area (Å²) >= 11 is 12.9. The largest absolute Gasteiger partial charge is 0.354 e. The molecule has 0 fully saturated rings. The lowest BCUT2D eigenvalue weighted by molar-refractivity contribution is -0.140. The van der Waals surface area contributed by atoms with Crippen molar-refractivity contribution < 1.29 is 18.0 Å². The minimum absolute atomic E-state index is 0.00669. The van der Waals surface area contributed by atoms with Crippen LogP contribution in [0, 0.1) is 12.8 Å². The fraction of sp³-hybridized carbons (Fsp3) is 0.257. The van der Waals surface area contributed by atoms with Crippen LogP contribution in [0.2, 0.25) is 10.0 Å². The number of hydrogen-bond donors (Lipinski definition) is 1. The fourth-order valence-corrected chi connectivity index (χ4v) is 6.67. The van der Waals surface area contributed by atoms with Crippen molar-refractivity contribution in [2.45, 2.75) is 44.7 Å². The van der Waals surface area contributed by atoms with Crippen LogP contribution < -0.4 is 9.62 Å². The Balaban J connectivity index is 1.81. The van der Waals surface area contributed by atoms with Crippen LogP contribution in [-0.4, -0.2) is 44.3 Å². The topological polar surface area (TPSA) is 86.8 Å². The number of nitrogens with zero attached hydrogens (tertiary/aromatic N) is 2. The van der Waals surface area contributed by atoms with Crippen LogP contribution in [-0.2, 0) is 32.6 Å². The van der Waals surface area contributed by atoms with Gasteiger partial charge >= 0.3 is 0 Å². The van der Waals surface area contributed by atoms with E-state index in [2.05, 4.69) is 5.32 Å². The van der Waals surface area contributed by atoms with Crippen LogP contribution >= 0.6 is 23.2 Å². The molecule has 10 heteroatoms. The van der Waals surface area contributed by atoms with Crippen LogP contribution in [0.3, 0.4) is 0 Å². The molecule has 236 valence electrons. The van der Waals surface area contributed by atoms with Crippen molar-refractivity contribution in [3.63, 3.8) is 0 Å². The van der Waals surface area contributed by atoms with E-state index >= 15 is 0 Å². The summed E-state index contributed by atoms with van der Waals surface area (Å²) in [5.41, 5.74) is 2.58. The molecule has 0 aliphatic heterocycles. The Labute approximate surface area is 275 Å². The highest BCUT2D eigenvalue weighted by atomic mass is 35.5. The number of carbonyl (C=O) groups is 2. The van der Waals surface area contributed by atoms with Gasteiger partial charge in [0, 0.05) is 19.5 Å². The van der Waals surface area contributed by atoms with Crippen molar-refractivity contribution in [1.29, 1.82) is 0 Å². The zero-order valence-corrected chi connectivity index (χ0v) is 27.8. The summed E-state index contributed by atoms with van der Waals surface area (Å²) < 4.78 is 29.3. The summed E-state index contributed by atoms with van der Waals surface area (Å²) in [5, 5.41) is 3.12. The number of halogens is 2. The maximum absolute atomic E-state index is 14.5. The number of amides is 2. The van der Waals surface area contributed by atoms with Crippen molar-refractivity contribution in [1.82, 2.24) is 10.2 Å². The van der Waals surface area contributed by atoms with Crippen LogP contribution in [0.5, 0.6) is 0 Å². The van der Waals surface area contributed by atoms with Crippen molar-refractivity contribution in [2.24, 2.45) is 5.92 Å². The van der Waals surface area contributed by atoms with Gasteiger partial charge in [0.15, 0.2) is 0 Å². The smallest absolute Gasteiger partial charge is 0.264 e. The number of benzene rings is 4. The van der Waals surface area contributed by atoms with Gasteiger partial charge in [-0.3, -0.25) is 13.9 Å². The first-order chi connectivity index (χ1) is 21.5. The highest BCUT2D eigenvalue weighted by Gasteiger charge is 2.35. The van der Waals surface area contributed by atoms with Gasteiger partial charge in [-0.1, -0.05) is 121 Å².